The first-order valence-corrected chi connectivity index (χ1v) is 9.43. The first kappa shape index (κ1) is 17.0. The fraction of sp³-hybridized carbons (Fsp3) is 0.250. The molecule has 1 saturated carbocycles. The van der Waals surface area contributed by atoms with Crippen molar-refractivity contribution in [2.24, 2.45) is 0 Å². The molecule has 4 rings (SSSR count). The molecule has 1 fully saturated rings. The third-order valence-electron chi connectivity index (χ3n) is 5.50. The maximum absolute atomic E-state index is 10.5. The molecule has 0 aliphatic heterocycles. The zero-order chi connectivity index (χ0) is 17.8. The largest absolute Gasteiger partial charge is 0.392 e. The quantitative estimate of drug-likeness (QED) is 0.670. The van der Waals surface area contributed by atoms with Crippen LogP contribution in [0.5, 0.6) is 0 Å². The molecule has 0 saturated heterocycles. The van der Waals surface area contributed by atoms with E-state index in [9.17, 15) is 5.11 Å². The van der Waals surface area contributed by atoms with E-state index in [2.05, 4.69) is 96.3 Å². The third kappa shape index (κ3) is 3.07. The Morgan fingerprint density at radius 2 is 1.08 bits per heavy atom. The highest BCUT2D eigenvalue weighted by Crippen LogP contribution is 2.38. The first-order chi connectivity index (χ1) is 12.8. The summed E-state index contributed by atoms with van der Waals surface area (Å²) in [4.78, 5) is 0. The van der Waals surface area contributed by atoms with E-state index in [0.29, 0.717) is 0 Å². The van der Waals surface area contributed by atoms with Crippen LogP contribution in [-0.4, -0.2) is 17.3 Å². The summed E-state index contributed by atoms with van der Waals surface area (Å²) in [6, 6.07) is 31.8. The average molecular weight is 343 g/mol. The van der Waals surface area contributed by atoms with Gasteiger partial charge >= 0.3 is 0 Å². The summed E-state index contributed by atoms with van der Waals surface area (Å²) in [6.45, 7) is 0. The number of nitrogens with one attached hydrogen (secondary N) is 1. The van der Waals surface area contributed by atoms with Crippen molar-refractivity contribution < 1.29 is 5.11 Å². The van der Waals surface area contributed by atoms with Crippen LogP contribution < -0.4 is 5.32 Å². The van der Waals surface area contributed by atoms with Crippen LogP contribution in [-0.2, 0) is 5.54 Å². The number of hydrogen-bond acceptors (Lipinski definition) is 2. The predicted octanol–water partition coefficient (Wildman–Crippen LogP) is 4.48. The van der Waals surface area contributed by atoms with Crippen molar-refractivity contribution >= 4 is 0 Å². The lowest BCUT2D eigenvalue weighted by Gasteiger charge is -2.40. The van der Waals surface area contributed by atoms with Gasteiger partial charge in [-0.3, -0.25) is 5.32 Å². The van der Waals surface area contributed by atoms with Crippen molar-refractivity contribution in [1.82, 2.24) is 5.32 Å². The Bertz CT molecular complexity index is 720. The van der Waals surface area contributed by atoms with Crippen molar-refractivity contribution in [3.63, 3.8) is 0 Å². The van der Waals surface area contributed by atoms with Crippen molar-refractivity contribution in [2.45, 2.75) is 36.9 Å². The molecule has 0 amide bonds. The van der Waals surface area contributed by atoms with Crippen LogP contribution in [0.2, 0.25) is 0 Å². The molecule has 2 atom stereocenters. The van der Waals surface area contributed by atoms with E-state index in [-0.39, 0.29) is 12.1 Å². The summed E-state index contributed by atoms with van der Waals surface area (Å²) in [7, 11) is 0. The predicted molar refractivity (Wildman–Crippen MR) is 106 cm³/mol. The fourth-order valence-corrected chi connectivity index (χ4v) is 4.20. The van der Waals surface area contributed by atoms with E-state index >= 15 is 0 Å². The maximum Gasteiger partial charge on any atom is 0.0950 e. The monoisotopic (exact) mass is 343 g/mol. The summed E-state index contributed by atoms with van der Waals surface area (Å²) < 4.78 is 0. The standard InChI is InChI=1S/C24H25NO/c26-23-18-10-17-22(23)25-24(19-11-4-1-5-12-19,20-13-6-2-7-14-20)21-15-8-3-9-16-21/h1-9,11-16,22-23,25-26H,10,17-18H2. The van der Waals surface area contributed by atoms with Gasteiger partial charge in [0.25, 0.3) is 0 Å². The summed E-state index contributed by atoms with van der Waals surface area (Å²) in [6.07, 6.45) is 2.62. The Labute approximate surface area is 155 Å². The summed E-state index contributed by atoms with van der Waals surface area (Å²) in [5.74, 6) is 0. The van der Waals surface area contributed by atoms with Crippen LogP contribution in [0.1, 0.15) is 36.0 Å². The highest BCUT2D eigenvalue weighted by molar-refractivity contribution is 5.49. The third-order valence-corrected chi connectivity index (χ3v) is 5.50. The van der Waals surface area contributed by atoms with E-state index in [0.717, 1.165) is 19.3 Å². The zero-order valence-electron chi connectivity index (χ0n) is 14.9. The van der Waals surface area contributed by atoms with Gasteiger partial charge in [0.05, 0.1) is 11.6 Å². The van der Waals surface area contributed by atoms with Gasteiger partial charge in [-0.25, -0.2) is 0 Å². The molecule has 0 aromatic heterocycles. The molecule has 0 heterocycles. The Morgan fingerprint density at radius 3 is 1.42 bits per heavy atom. The molecule has 2 unspecified atom stereocenters. The van der Waals surface area contributed by atoms with E-state index in [1.54, 1.807) is 0 Å². The Kier molecular flexibility index (Phi) is 4.87. The highest BCUT2D eigenvalue weighted by atomic mass is 16.3. The molecule has 2 heteroatoms. The lowest BCUT2D eigenvalue weighted by molar-refractivity contribution is 0.138. The van der Waals surface area contributed by atoms with Gasteiger partial charge in [-0.1, -0.05) is 91.0 Å². The number of rotatable bonds is 5. The summed E-state index contributed by atoms with van der Waals surface area (Å²) >= 11 is 0. The smallest absolute Gasteiger partial charge is 0.0950 e. The first-order valence-electron chi connectivity index (χ1n) is 9.43. The highest BCUT2D eigenvalue weighted by Gasteiger charge is 2.40. The van der Waals surface area contributed by atoms with Gasteiger partial charge in [0.2, 0.25) is 0 Å². The van der Waals surface area contributed by atoms with Crippen molar-refractivity contribution in [2.75, 3.05) is 0 Å². The van der Waals surface area contributed by atoms with Crippen LogP contribution in [0.3, 0.4) is 0 Å². The molecule has 3 aromatic carbocycles. The molecule has 0 spiro atoms. The van der Waals surface area contributed by atoms with E-state index in [1.807, 2.05) is 0 Å². The fourth-order valence-electron chi connectivity index (χ4n) is 4.20. The average Bonchev–Trinajstić information content (AvgIpc) is 3.12. The summed E-state index contributed by atoms with van der Waals surface area (Å²) in [5.41, 5.74) is 3.09. The minimum absolute atomic E-state index is 0.0793. The van der Waals surface area contributed by atoms with E-state index < -0.39 is 5.54 Å². The molecule has 3 aromatic rings. The zero-order valence-corrected chi connectivity index (χ0v) is 14.9. The topological polar surface area (TPSA) is 32.3 Å². The van der Waals surface area contributed by atoms with Crippen LogP contribution in [0, 0.1) is 0 Å². The molecule has 1 aliphatic carbocycles. The Hall–Kier alpha value is -2.42. The molecule has 0 bridgehead atoms. The second-order valence-electron chi connectivity index (χ2n) is 7.10. The maximum atomic E-state index is 10.5. The lowest BCUT2D eigenvalue weighted by atomic mass is 9.76. The van der Waals surface area contributed by atoms with Gasteiger partial charge in [-0.05, 0) is 36.0 Å². The molecule has 2 N–H and O–H groups in total. The lowest BCUT2D eigenvalue weighted by Crippen LogP contribution is -2.52. The number of hydrogen-bond donors (Lipinski definition) is 2. The summed E-state index contributed by atoms with van der Waals surface area (Å²) in [5, 5.41) is 14.4. The second kappa shape index (κ2) is 7.45. The minimum atomic E-state index is -0.486. The molecular formula is C24H25NO. The van der Waals surface area contributed by atoms with Crippen molar-refractivity contribution in [3.8, 4) is 0 Å². The van der Waals surface area contributed by atoms with E-state index in [1.165, 1.54) is 16.7 Å². The molecule has 26 heavy (non-hydrogen) atoms. The Balaban J connectivity index is 1.94. The molecule has 2 nitrogen and oxygen atoms in total. The van der Waals surface area contributed by atoms with Gasteiger partial charge in [0.15, 0.2) is 0 Å². The number of aliphatic hydroxyl groups excluding tert-OH is 1. The van der Waals surface area contributed by atoms with Gasteiger partial charge in [0, 0.05) is 6.04 Å². The van der Waals surface area contributed by atoms with Crippen LogP contribution in [0.25, 0.3) is 0 Å². The van der Waals surface area contributed by atoms with Crippen molar-refractivity contribution in [1.29, 1.82) is 0 Å². The normalized spacial score (nSPS) is 20.2. The van der Waals surface area contributed by atoms with Gasteiger partial charge in [-0.2, -0.15) is 0 Å². The van der Waals surface area contributed by atoms with Gasteiger partial charge in [-0.15, -0.1) is 0 Å². The molecule has 132 valence electrons. The molecule has 1 aliphatic rings. The van der Waals surface area contributed by atoms with Crippen LogP contribution in [0.4, 0.5) is 0 Å². The minimum Gasteiger partial charge on any atom is -0.392 e. The number of benzene rings is 3. The second-order valence-corrected chi connectivity index (χ2v) is 7.10. The van der Waals surface area contributed by atoms with Gasteiger partial charge < -0.3 is 5.11 Å². The van der Waals surface area contributed by atoms with Crippen molar-refractivity contribution in [3.05, 3.63) is 108 Å². The molecule has 0 radical (unpaired) electrons. The van der Waals surface area contributed by atoms with Crippen LogP contribution in [0.15, 0.2) is 91.0 Å². The SMILES string of the molecule is OC1CCCC1NC(c1ccccc1)(c1ccccc1)c1ccccc1. The van der Waals surface area contributed by atoms with Gasteiger partial charge in [0.1, 0.15) is 0 Å². The molecular weight excluding hydrogens is 318 g/mol. The van der Waals surface area contributed by atoms with Crippen LogP contribution >= 0.6 is 0 Å². The number of aliphatic hydroxyl groups is 1. The Morgan fingerprint density at radius 1 is 0.654 bits per heavy atom. The van der Waals surface area contributed by atoms with E-state index in [4.69, 9.17) is 0 Å².